The second-order valence-electron chi connectivity index (χ2n) is 5.51. The Kier molecular flexibility index (Phi) is 3.21. The third-order valence-electron chi connectivity index (χ3n) is 4.30. The van der Waals surface area contributed by atoms with Gasteiger partial charge in [-0.15, -0.1) is 0 Å². The Hall–Kier alpha value is -0.810. The van der Waals surface area contributed by atoms with E-state index in [0.29, 0.717) is 18.4 Å². The van der Waals surface area contributed by atoms with E-state index in [4.69, 9.17) is 0 Å². The van der Waals surface area contributed by atoms with Crippen molar-refractivity contribution >= 4 is 10.8 Å². The molecule has 0 radical (unpaired) electrons. The molecule has 2 heterocycles. The van der Waals surface area contributed by atoms with Crippen LogP contribution in [0.3, 0.4) is 0 Å². The summed E-state index contributed by atoms with van der Waals surface area (Å²) in [5.74, 6) is 0. The topological polar surface area (TPSA) is 37.3 Å². The summed E-state index contributed by atoms with van der Waals surface area (Å²) in [4.78, 5) is 0. The minimum absolute atomic E-state index is 0.0327. The Bertz CT molecular complexity index is 485. The Morgan fingerprint density at radius 3 is 2.16 bits per heavy atom. The van der Waals surface area contributed by atoms with E-state index >= 15 is 0 Å². The minimum Gasteiger partial charge on any atom is -0.385 e. The quantitative estimate of drug-likeness (QED) is 0.907. The van der Waals surface area contributed by atoms with Crippen molar-refractivity contribution < 1.29 is 18.1 Å². The van der Waals surface area contributed by atoms with Crippen LogP contribution in [0, 0.1) is 0 Å². The molecule has 5 heteroatoms. The third kappa shape index (κ3) is 2.23. The first-order chi connectivity index (χ1) is 8.99. The molecule has 2 saturated heterocycles. The van der Waals surface area contributed by atoms with Gasteiger partial charge in [-0.1, -0.05) is 24.3 Å². The molecule has 0 spiro atoms. The lowest BCUT2D eigenvalue weighted by molar-refractivity contribution is 0.0183. The summed E-state index contributed by atoms with van der Waals surface area (Å²) in [6.45, 7) is 0. The van der Waals surface area contributed by atoms with Crippen molar-refractivity contribution in [1.29, 1.82) is 0 Å². The average Bonchev–Trinajstić information content (AvgIpc) is 2.63. The summed E-state index contributed by atoms with van der Waals surface area (Å²) < 4.78 is 37.0. The van der Waals surface area contributed by atoms with E-state index in [1.54, 1.807) is 12.1 Å². The molecule has 1 aromatic carbocycles. The van der Waals surface area contributed by atoms with Gasteiger partial charge in [-0.3, -0.25) is 4.21 Å². The molecule has 2 aliphatic rings. The molecule has 1 N–H and O–H groups in total. The van der Waals surface area contributed by atoms with Gasteiger partial charge in [0.25, 0.3) is 6.43 Å². The molecule has 2 atom stereocenters. The average molecular weight is 286 g/mol. The number of benzene rings is 1. The van der Waals surface area contributed by atoms with Crippen LogP contribution in [0.5, 0.6) is 0 Å². The van der Waals surface area contributed by atoms with Crippen molar-refractivity contribution in [3.05, 3.63) is 35.4 Å². The van der Waals surface area contributed by atoms with E-state index in [1.165, 1.54) is 12.1 Å². The third-order valence-corrected chi connectivity index (χ3v) is 6.42. The fourth-order valence-electron chi connectivity index (χ4n) is 3.26. The molecule has 2 aliphatic heterocycles. The highest BCUT2D eigenvalue weighted by atomic mass is 32.2. The van der Waals surface area contributed by atoms with Gasteiger partial charge in [-0.2, -0.15) is 0 Å². The van der Waals surface area contributed by atoms with Crippen LogP contribution >= 0.6 is 0 Å². The second kappa shape index (κ2) is 4.63. The highest BCUT2D eigenvalue weighted by molar-refractivity contribution is 7.86. The maximum atomic E-state index is 12.5. The van der Waals surface area contributed by atoms with Crippen LogP contribution in [0.4, 0.5) is 8.78 Å². The molecule has 1 aromatic rings. The van der Waals surface area contributed by atoms with Gasteiger partial charge in [-0.25, -0.2) is 8.78 Å². The van der Waals surface area contributed by atoms with Gasteiger partial charge in [0.1, 0.15) is 0 Å². The smallest absolute Gasteiger partial charge is 0.263 e. The van der Waals surface area contributed by atoms with Gasteiger partial charge in [0.15, 0.2) is 0 Å². The highest BCUT2D eigenvalue weighted by Crippen LogP contribution is 2.45. The van der Waals surface area contributed by atoms with Gasteiger partial charge in [0.05, 0.1) is 5.60 Å². The first-order valence-electron chi connectivity index (χ1n) is 6.50. The highest BCUT2D eigenvalue weighted by Gasteiger charge is 2.48. The number of alkyl halides is 2. The molecule has 0 amide bonds. The summed E-state index contributed by atoms with van der Waals surface area (Å²) in [6, 6.07) is 5.89. The second-order valence-corrected chi connectivity index (χ2v) is 7.50. The lowest BCUT2D eigenvalue weighted by atomic mass is 9.85. The SMILES string of the molecule is O=S1C2CCC1CC(O)(c1ccc(C(F)F)cc1)C2. The Labute approximate surface area is 113 Å². The number of fused-ring (bicyclic) bond motifs is 2. The molecule has 0 aromatic heterocycles. The summed E-state index contributed by atoms with van der Waals surface area (Å²) >= 11 is 0. The van der Waals surface area contributed by atoms with E-state index in [-0.39, 0.29) is 16.1 Å². The lowest BCUT2D eigenvalue weighted by Gasteiger charge is -2.36. The molecule has 0 aliphatic carbocycles. The van der Waals surface area contributed by atoms with Crippen LogP contribution in [-0.2, 0) is 16.4 Å². The fourth-order valence-corrected chi connectivity index (χ4v) is 5.42. The number of rotatable bonds is 2. The summed E-state index contributed by atoms with van der Waals surface area (Å²) in [6.07, 6.45) is 0.260. The molecular formula is C14H16F2O2S. The van der Waals surface area contributed by atoms with Crippen LogP contribution in [0.1, 0.15) is 43.2 Å². The predicted molar refractivity (Wildman–Crippen MR) is 69.5 cm³/mol. The molecule has 0 saturated carbocycles. The lowest BCUT2D eigenvalue weighted by Crippen LogP contribution is -2.40. The van der Waals surface area contributed by atoms with Crippen molar-refractivity contribution in [1.82, 2.24) is 0 Å². The monoisotopic (exact) mass is 286 g/mol. The van der Waals surface area contributed by atoms with Gasteiger partial charge >= 0.3 is 0 Å². The molecule has 2 fully saturated rings. The number of hydrogen-bond donors (Lipinski definition) is 1. The molecule has 2 bridgehead atoms. The van der Waals surface area contributed by atoms with E-state index in [9.17, 15) is 18.1 Å². The van der Waals surface area contributed by atoms with Crippen molar-refractivity contribution in [2.24, 2.45) is 0 Å². The molecule has 2 nitrogen and oxygen atoms in total. The number of hydrogen-bond acceptors (Lipinski definition) is 2. The van der Waals surface area contributed by atoms with E-state index in [0.717, 1.165) is 12.8 Å². The Morgan fingerprint density at radius 1 is 1.16 bits per heavy atom. The standard InChI is InChI=1S/C14H16F2O2S/c15-13(16)9-1-3-10(4-2-9)14(17)7-11-5-6-12(8-14)19(11)18/h1-4,11-13,17H,5-8H2. The minimum atomic E-state index is -2.49. The van der Waals surface area contributed by atoms with Gasteiger partial charge < -0.3 is 5.11 Å². The summed E-state index contributed by atoms with van der Waals surface area (Å²) in [5, 5.41) is 10.9. The van der Waals surface area contributed by atoms with Gasteiger partial charge in [-0.05, 0) is 31.2 Å². The van der Waals surface area contributed by atoms with Crippen LogP contribution in [0.25, 0.3) is 0 Å². The zero-order valence-electron chi connectivity index (χ0n) is 10.4. The summed E-state index contributed by atoms with van der Waals surface area (Å²) in [7, 11) is -0.831. The largest absolute Gasteiger partial charge is 0.385 e. The zero-order valence-corrected chi connectivity index (χ0v) is 11.2. The predicted octanol–water partition coefficient (Wildman–Crippen LogP) is 2.89. The van der Waals surface area contributed by atoms with Crippen molar-refractivity contribution in [3.8, 4) is 0 Å². The van der Waals surface area contributed by atoms with Crippen LogP contribution in [0.2, 0.25) is 0 Å². The summed E-state index contributed by atoms with van der Waals surface area (Å²) in [5.41, 5.74) is -0.361. The van der Waals surface area contributed by atoms with Gasteiger partial charge in [0.2, 0.25) is 0 Å². The van der Waals surface area contributed by atoms with Crippen LogP contribution in [0.15, 0.2) is 24.3 Å². The first kappa shape index (κ1) is 13.2. The fraction of sp³-hybridized carbons (Fsp3) is 0.571. The van der Waals surface area contributed by atoms with E-state index in [2.05, 4.69) is 0 Å². The van der Waals surface area contributed by atoms with Crippen LogP contribution in [-0.4, -0.2) is 19.8 Å². The molecular weight excluding hydrogens is 270 g/mol. The zero-order chi connectivity index (χ0) is 13.6. The Balaban J connectivity index is 1.87. The normalized spacial score (nSPS) is 37.8. The molecule has 104 valence electrons. The van der Waals surface area contributed by atoms with E-state index in [1.807, 2.05) is 0 Å². The van der Waals surface area contributed by atoms with Crippen LogP contribution < -0.4 is 0 Å². The number of halogens is 2. The van der Waals surface area contributed by atoms with Crippen molar-refractivity contribution in [2.75, 3.05) is 0 Å². The molecule has 2 unspecified atom stereocenters. The van der Waals surface area contributed by atoms with Crippen molar-refractivity contribution in [2.45, 2.75) is 48.2 Å². The van der Waals surface area contributed by atoms with Crippen molar-refractivity contribution in [3.63, 3.8) is 0 Å². The van der Waals surface area contributed by atoms with E-state index < -0.39 is 22.8 Å². The van der Waals surface area contributed by atoms with Gasteiger partial charge in [0, 0.05) is 26.9 Å². The maximum Gasteiger partial charge on any atom is 0.263 e. The maximum absolute atomic E-state index is 12.5. The Morgan fingerprint density at radius 2 is 1.68 bits per heavy atom. The molecule has 3 rings (SSSR count). The first-order valence-corrected chi connectivity index (χ1v) is 7.77. The molecule has 19 heavy (non-hydrogen) atoms. The number of aliphatic hydroxyl groups is 1.